The van der Waals surface area contributed by atoms with Crippen molar-refractivity contribution in [1.82, 2.24) is 10.2 Å². The lowest BCUT2D eigenvalue weighted by molar-refractivity contribution is -0.122. The number of nitrogens with one attached hydrogen (secondary N) is 2. The Balaban J connectivity index is 1.90. The summed E-state index contributed by atoms with van der Waals surface area (Å²) in [4.78, 5) is 12.0. The number of hydrogen-bond donors (Lipinski definition) is 2. The van der Waals surface area contributed by atoms with Crippen LogP contribution in [0.1, 0.15) is 26.0 Å². The Hall–Kier alpha value is -2.30. The van der Waals surface area contributed by atoms with Gasteiger partial charge in [-0.15, -0.1) is 0 Å². The summed E-state index contributed by atoms with van der Waals surface area (Å²) in [5.41, 5.74) is 1.01. The van der Waals surface area contributed by atoms with Gasteiger partial charge in [0.25, 0.3) is 5.91 Å². The molecule has 5 nitrogen and oxygen atoms in total. The standard InChI is InChI=1S/C15H19N3O2/c1-3-7-12-10-14(18-17-12)16-15(19)11(2)20-13-8-5-4-6-9-13/h4-6,8-11H,3,7H2,1-2H3,(H2,16,17,18,19). The molecule has 0 aliphatic heterocycles. The average molecular weight is 273 g/mol. The number of aryl methyl sites for hydroxylation is 1. The summed E-state index contributed by atoms with van der Waals surface area (Å²) >= 11 is 0. The molecule has 2 rings (SSSR count). The Kier molecular flexibility index (Phi) is 4.76. The van der Waals surface area contributed by atoms with Gasteiger partial charge in [-0.3, -0.25) is 9.89 Å². The van der Waals surface area contributed by atoms with Gasteiger partial charge < -0.3 is 10.1 Å². The van der Waals surface area contributed by atoms with Crippen LogP contribution in [0.4, 0.5) is 5.82 Å². The van der Waals surface area contributed by atoms with Crippen LogP contribution >= 0.6 is 0 Å². The molecule has 0 aliphatic rings. The Morgan fingerprint density at radius 3 is 2.85 bits per heavy atom. The number of amides is 1. The second-order valence-electron chi connectivity index (χ2n) is 4.59. The molecule has 0 saturated heterocycles. The number of hydrogen-bond acceptors (Lipinski definition) is 3. The van der Waals surface area contributed by atoms with Gasteiger partial charge in [0.15, 0.2) is 11.9 Å². The highest BCUT2D eigenvalue weighted by molar-refractivity contribution is 5.93. The maximum Gasteiger partial charge on any atom is 0.266 e. The summed E-state index contributed by atoms with van der Waals surface area (Å²) in [6, 6.07) is 11.1. The van der Waals surface area contributed by atoms with Crippen molar-refractivity contribution in [2.45, 2.75) is 32.8 Å². The fraction of sp³-hybridized carbons (Fsp3) is 0.333. The predicted molar refractivity (Wildman–Crippen MR) is 77.7 cm³/mol. The molecule has 0 saturated carbocycles. The van der Waals surface area contributed by atoms with Crippen molar-refractivity contribution in [1.29, 1.82) is 0 Å². The molecule has 1 aromatic heterocycles. The highest BCUT2D eigenvalue weighted by atomic mass is 16.5. The number of aromatic nitrogens is 2. The molecular weight excluding hydrogens is 254 g/mol. The smallest absolute Gasteiger partial charge is 0.266 e. The van der Waals surface area contributed by atoms with Crippen molar-refractivity contribution in [2.24, 2.45) is 0 Å². The maximum atomic E-state index is 12.0. The van der Waals surface area contributed by atoms with Crippen LogP contribution in [0.25, 0.3) is 0 Å². The van der Waals surface area contributed by atoms with E-state index < -0.39 is 6.10 Å². The molecule has 1 heterocycles. The Morgan fingerprint density at radius 2 is 2.15 bits per heavy atom. The first-order valence-electron chi connectivity index (χ1n) is 6.76. The van der Waals surface area contributed by atoms with Gasteiger partial charge in [0.05, 0.1) is 0 Å². The van der Waals surface area contributed by atoms with E-state index in [2.05, 4.69) is 22.4 Å². The summed E-state index contributed by atoms with van der Waals surface area (Å²) in [7, 11) is 0. The number of rotatable bonds is 6. The molecular formula is C15H19N3O2. The summed E-state index contributed by atoms with van der Waals surface area (Å²) in [5.74, 6) is 0.981. The number of benzene rings is 1. The monoisotopic (exact) mass is 273 g/mol. The minimum Gasteiger partial charge on any atom is -0.481 e. The third-order valence-corrected chi connectivity index (χ3v) is 2.83. The van der Waals surface area contributed by atoms with Crippen molar-refractivity contribution < 1.29 is 9.53 Å². The highest BCUT2D eigenvalue weighted by Crippen LogP contribution is 2.12. The van der Waals surface area contributed by atoms with Gasteiger partial charge >= 0.3 is 0 Å². The molecule has 0 aliphatic carbocycles. The zero-order chi connectivity index (χ0) is 14.4. The Bertz CT molecular complexity index is 551. The molecule has 5 heteroatoms. The number of nitrogens with zero attached hydrogens (tertiary/aromatic N) is 1. The molecule has 20 heavy (non-hydrogen) atoms. The van der Waals surface area contributed by atoms with E-state index in [0.29, 0.717) is 11.6 Å². The Morgan fingerprint density at radius 1 is 1.40 bits per heavy atom. The van der Waals surface area contributed by atoms with Crippen molar-refractivity contribution in [3.05, 3.63) is 42.1 Å². The van der Waals surface area contributed by atoms with E-state index in [4.69, 9.17) is 4.74 Å². The highest BCUT2D eigenvalue weighted by Gasteiger charge is 2.15. The van der Waals surface area contributed by atoms with Crippen LogP contribution in [0, 0.1) is 0 Å². The van der Waals surface area contributed by atoms with E-state index in [0.717, 1.165) is 18.5 Å². The number of para-hydroxylation sites is 1. The number of H-pyrrole nitrogens is 1. The van der Waals surface area contributed by atoms with Gasteiger partial charge in [-0.25, -0.2) is 0 Å². The lowest BCUT2D eigenvalue weighted by Crippen LogP contribution is -2.30. The average Bonchev–Trinajstić information content (AvgIpc) is 2.87. The van der Waals surface area contributed by atoms with Gasteiger partial charge in [0, 0.05) is 11.8 Å². The van der Waals surface area contributed by atoms with E-state index in [1.807, 2.05) is 36.4 Å². The largest absolute Gasteiger partial charge is 0.481 e. The zero-order valence-corrected chi connectivity index (χ0v) is 11.7. The van der Waals surface area contributed by atoms with Crippen LogP contribution < -0.4 is 10.1 Å². The van der Waals surface area contributed by atoms with Crippen molar-refractivity contribution >= 4 is 11.7 Å². The molecule has 0 spiro atoms. The quantitative estimate of drug-likeness (QED) is 0.850. The molecule has 0 bridgehead atoms. The first-order valence-corrected chi connectivity index (χ1v) is 6.76. The fourth-order valence-electron chi connectivity index (χ4n) is 1.81. The van der Waals surface area contributed by atoms with E-state index in [1.54, 1.807) is 6.92 Å². The summed E-state index contributed by atoms with van der Waals surface area (Å²) in [6.45, 7) is 3.80. The van der Waals surface area contributed by atoms with E-state index >= 15 is 0 Å². The predicted octanol–water partition coefficient (Wildman–Crippen LogP) is 2.77. The maximum absolute atomic E-state index is 12.0. The number of aromatic amines is 1. The summed E-state index contributed by atoms with van der Waals surface area (Å²) < 4.78 is 5.55. The van der Waals surface area contributed by atoms with Crippen LogP contribution in [0.15, 0.2) is 36.4 Å². The van der Waals surface area contributed by atoms with Gasteiger partial charge in [-0.1, -0.05) is 31.5 Å². The second-order valence-corrected chi connectivity index (χ2v) is 4.59. The van der Waals surface area contributed by atoms with Crippen molar-refractivity contribution in [2.75, 3.05) is 5.32 Å². The van der Waals surface area contributed by atoms with Crippen molar-refractivity contribution in [3.63, 3.8) is 0 Å². The molecule has 106 valence electrons. The summed E-state index contributed by atoms with van der Waals surface area (Å²) in [5, 5.41) is 9.68. The van der Waals surface area contributed by atoms with Gasteiger partial charge in [0.2, 0.25) is 0 Å². The molecule has 1 unspecified atom stereocenters. The third kappa shape index (κ3) is 3.85. The topological polar surface area (TPSA) is 67.0 Å². The molecule has 2 N–H and O–H groups in total. The van der Waals surface area contributed by atoms with E-state index in [9.17, 15) is 4.79 Å². The van der Waals surface area contributed by atoms with Crippen LogP contribution in [0.3, 0.4) is 0 Å². The first-order chi connectivity index (χ1) is 9.69. The molecule has 2 aromatic rings. The van der Waals surface area contributed by atoms with Gasteiger partial charge in [-0.2, -0.15) is 5.10 Å². The first kappa shape index (κ1) is 14.1. The van der Waals surface area contributed by atoms with Crippen LogP contribution in [0.5, 0.6) is 5.75 Å². The van der Waals surface area contributed by atoms with Crippen molar-refractivity contribution in [3.8, 4) is 5.75 Å². The molecule has 1 amide bonds. The summed E-state index contributed by atoms with van der Waals surface area (Å²) in [6.07, 6.45) is 1.37. The lowest BCUT2D eigenvalue weighted by atomic mass is 10.2. The number of carbonyl (C=O) groups is 1. The molecule has 1 aromatic carbocycles. The number of ether oxygens (including phenoxy) is 1. The normalized spacial score (nSPS) is 11.9. The second kappa shape index (κ2) is 6.75. The Labute approximate surface area is 118 Å². The minimum atomic E-state index is -0.580. The van der Waals surface area contributed by atoms with E-state index in [1.165, 1.54) is 0 Å². The van der Waals surface area contributed by atoms with Gasteiger partial charge in [-0.05, 0) is 25.5 Å². The number of anilines is 1. The molecule has 1 atom stereocenters. The fourth-order valence-corrected chi connectivity index (χ4v) is 1.81. The number of carbonyl (C=O) groups excluding carboxylic acids is 1. The third-order valence-electron chi connectivity index (χ3n) is 2.83. The van der Waals surface area contributed by atoms with Gasteiger partial charge in [0.1, 0.15) is 5.75 Å². The molecule has 0 fully saturated rings. The van der Waals surface area contributed by atoms with Crippen LogP contribution in [-0.2, 0) is 11.2 Å². The van der Waals surface area contributed by atoms with Crippen LogP contribution in [0.2, 0.25) is 0 Å². The van der Waals surface area contributed by atoms with E-state index in [-0.39, 0.29) is 5.91 Å². The zero-order valence-electron chi connectivity index (χ0n) is 11.7. The SMILES string of the molecule is CCCc1cc(NC(=O)C(C)Oc2ccccc2)n[nH]1. The molecule has 0 radical (unpaired) electrons. The lowest BCUT2D eigenvalue weighted by Gasteiger charge is -2.13. The van der Waals surface area contributed by atoms with Crippen LogP contribution in [-0.4, -0.2) is 22.2 Å². The minimum absolute atomic E-state index is 0.219.